The molecule has 0 aliphatic carbocycles. The topological polar surface area (TPSA) is 51.2 Å². The molecule has 0 saturated carbocycles. The van der Waals surface area contributed by atoms with Crippen LogP contribution in [-0.4, -0.2) is 16.9 Å². The van der Waals surface area contributed by atoms with Gasteiger partial charge in [0.2, 0.25) is 0 Å². The zero-order valence-corrected chi connectivity index (χ0v) is 11.7. The van der Waals surface area contributed by atoms with E-state index in [-0.39, 0.29) is 22.9 Å². The maximum atomic E-state index is 13.6. The van der Waals surface area contributed by atoms with E-state index in [9.17, 15) is 13.6 Å². The standard InChI is InChI=1S/C13H12F2N2O2S/c1-3-19-13(18)10-7(2)17-20-12(10)16-11-8(14)5-4-6-9(11)15/h4-6,16H,3H2,1-2H3. The second-order valence-electron chi connectivity index (χ2n) is 3.91. The van der Waals surface area contributed by atoms with E-state index in [1.807, 2.05) is 0 Å². The van der Waals surface area contributed by atoms with Crippen LogP contribution in [0.3, 0.4) is 0 Å². The first-order valence-corrected chi connectivity index (χ1v) is 6.66. The summed E-state index contributed by atoms with van der Waals surface area (Å²) in [5, 5.41) is 2.83. The molecule has 0 radical (unpaired) electrons. The van der Waals surface area contributed by atoms with Crippen molar-refractivity contribution in [3.63, 3.8) is 0 Å². The average Bonchev–Trinajstić information content (AvgIpc) is 2.75. The number of carbonyl (C=O) groups is 1. The van der Waals surface area contributed by atoms with Gasteiger partial charge >= 0.3 is 5.97 Å². The molecule has 7 heteroatoms. The highest BCUT2D eigenvalue weighted by molar-refractivity contribution is 7.10. The minimum Gasteiger partial charge on any atom is -0.462 e. The van der Waals surface area contributed by atoms with E-state index >= 15 is 0 Å². The second kappa shape index (κ2) is 5.96. The molecule has 2 rings (SSSR count). The number of aromatic nitrogens is 1. The number of hydrogen-bond acceptors (Lipinski definition) is 5. The van der Waals surface area contributed by atoms with Crippen LogP contribution in [0.25, 0.3) is 0 Å². The summed E-state index contributed by atoms with van der Waals surface area (Å²) in [6.45, 7) is 3.52. The van der Waals surface area contributed by atoms with Gasteiger partial charge in [-0.1, -0.05) is 6.07 Å². The van der Waals surface area contributed by atoms with Gasteiger partial charge in [0, 0.05) is 0 Å². The fourth-order valence-corrected chi connectivity index (χ4v) is 2.42. The van der Waals surface area contributed by atoms with Crippen LogP contribution in [0.2, 0.25) is 0 Å². The minimum atomic E-state index is -0.745. The van der Waals surface area contributed by atoms with E-state index in [0.29, 0.717) is 5.69 Å². The molecule has 0 atom stereocenters. The SMILES string of the molecule is CCOC(=O)c1c(C)nsc1Nc1c(F)cccc1F. The van der Waals surface area contributed by atoms with Gasteiger partial charge in [-0.2, -0.15) is 4.37 Å². The van der Waals surface area contributed by atoms with Crippen LogP contribution in [0.4, 0.5) is 19.5 Å². The van der Waals surface area contributed by atoms with Crippen molar-refractivity contribution in [3.05, 3.63) is 41.1 Å². The molecule has 0 fully saturated rings. The van der Waals surface area contributed by atoms with Crippen molar-refractivity contribution < 1.29 is 18.3 Å². The van der Waals surface area contributed by atoms with E-state index in [0.717, 1.165) is 23.7 Å². The van der Waals surface area contributed by atoms with Crippen molar-refractivity contribution in [2.75, 3.05) is 11.9 Å². The molecule has 0 aliphatic rings. The zero-order valence-electron chi connectivity index (χ0n) is 10.9. The van der Waals surface area contributed by atoms with Crippen LogP contribution in [0.1, 0.15) is 23.0 Å². The number of nitrogens with one attached hydrogen (secondary N) is 1. The molecule has 1 heterocycles. The summed E-state index contributed by atoms with van der Waals surface area (Å²) >= 11 is 0.947. The Kier molecular flexibility index (Phi) is 4.29. The number of halogens is 2. The highest BCUT2D eigenvalue weighted by Crippen LogP contribution is 2.31. The Balaban J connectivity index is 2.38. The number of nitrogens with zero attached hydrogens (tertiary/aromatic N) is 1. The number of ether oxygens (including phenoxy) is 1. The Morgan fingerprint density at radius 3 is 2.65 bits per heavy atom. The Hall–Kier alpha value is -2.02. The lowest BCUT2D eigenvalue weighted by molar-refractivity contribution is 0.0527. The Bertz CT molecular complexity index is 623. The smallest absolute Gasteiger partial charge is 0.343 e. The molecule has 1 aromatic heterocycles. The summed E-state index contributed by atoms with van der Waals surface area (Å²) < 4.78 is 36.1. The Morgan fingerprint density at radius 1 is 1.40 bits per heavy atom. The van der Waals surface area contributed by atoms with Gasteiger partial charge in [-0.25, -0.2) is 13.6 Å². The lowest BCUT2D eigenvalue weighted by atomic mass is 10.2. The summed E-state index contributed by atoms with van der Waals surface area (Å²) in [4.78, 5) is 11.8. The molecule has 0 spiro atoms. The molecule has 0 unspecified atom stereocenters. The van der Waals surface area contributed by atoms with Gasteiger partial charge in [0.05, 0.1) is 12.3 Å². The van der Waals surface area contributed by atoms with E-state index in [2.05, 4.69) is 9.69 Å². The molecular formula is C13H12F2N2O2S. The molecule has 0 saturated heterocycles. The Labute approximate surface area is 118 Å². The van der Waals surface area contributed by atoms with Crippen LogP contribution >= 0.6 is 11.5 Å². The molecule has 2 aromatic rings. The Morgan fingerprint density at radius 2 is 2.05 bits per heavy atom. The fraction of sp³-hybridized carbons (Fsp3) is 0.231. The van der Waals surface area contributed by atoms with Crippen molar-refractivity contribution in [1.29, 1.82) is 0 Å². The van der Waals surface area contributed by atoms with Gasteiger partial charge in [-0.3, -0.25) is 0 Å². The fourth-order valence-electron chi connectivity index (χ4n) is 1.63. The summed E-state index contributed by atoms with van der Waals surface area (Å²) in [6.07, 6.45) is 0. The monoisotopic (exact) mass is 298 g/mol. The first-order valence-electron chi connectivity index (χ1n) is 5.89. The zero-order chi connectivity index (χ0) is 14.7. The molecule has 1 N–H and O–H groups in total. The molecule has 4 nitrogen and oxygen atoms in total. The quantitative estimate of drug-likeness (QED) is 0.875. The number of esters is 1. The largest absolute Gasteiger partial charge is 0.462 e. The number of anilines is 2. The third-order valence-corrected chi connectivity index (χ3v) is 3.40. The van der Waals surface area contributed by atoms with Gasteiger partial charge in [0.1, 0.15) is 27.9 Å². The van der Waals surface area contributed by atoms with Gasteiger partial charge in [0.15, 0.2) is 0 Å². The lowest BCUT2D eigenvalue weighted by Crippen LogP contribution is -2.08. The molecule has 20 heavy (non-hydrogen) atoms. The molecule has 1 aromatic carbocycles. The van der Waals surface area contributed by atoms with E-state index in [1.54, 1.807) is 13.8 Å². The third-order valence-electron chi connectivity index (χ3n) is 2.54. The normalized spacial score (nSPS) is 10.4. The first-order chi connectivity index (χ1) is 9.54. The van der Waals surface area contributed by atoms with Crippen molar-refractivity contribution in [1.82, 2.24) is 4.37 Å². The molecular weight excluding hydrogens is 286 g/mol. The second-order valence-corrected chi connectivity index (χ2v) is 4.69. The van der Waals surface area contributed by atoms with Crippen molar-refractivity contribution >= 4 is 28.2 Å². The molecule has 0 aliphatic heterocycles. The number of benzene rings is 1. The summed E-state index contributed by atoms with van der Waals surface area (Å²) in [5.74, 6) is -2.06. The third kappa shape index (κ3) is 2.77. The van der Waals surface area contributed by atoms with Crippen molar-refractivity contribution in [2.45, 2.75) is 13.8 Å². The molecule has 0 bridgehead atoms. The van der Waals surface area contributed by atoms with Crippen LogP contribution in [0.5, 0.6) is 0 Å². The van der Waals surface area contributed by atoms with Crippen LogP contribution in [0.15, 0.2) is 18.2 Å². The maximum absolute atomic E-state index is 13.6. The number of aryl methyl sites for hydroxylation is 1. The van der Waals surface area contributed by atoms with E-state index in [4.69, 9.17) is 4.74 Å². The number of hydrogen-bond donors (Lipinski definition) is 1. The van der Waals surface area contributed by atoms with Gasteiger partial charge in [-0.15, -0.1) is 0 Å². The number of para-hydroxylation sites is 1. The van der Waals surface area contributed by atoms with Crippen LogP contribution in [-0.2, 0) is 4.74 Å². The maximum Gasteiger partial charge on any atom is 0.343 e. The summed E-state index contributed by atoms with van der Waals surface area (Å²) in [5.41, 5.74) is 0.328. The summed E-state index contributed by atoms with van der Waals surface area (Å²) in [6, 6.07) is 3.52. The number of carbonyl (C=O) groups excluding carboxylic acids is 1. The van der Waals surface area contributed by atoms with Gasteiger partial charge < -0.3 is 10.1 Å². The van der Waals surface area contributed by atoms with Crippen molar-refractivity contribution in [3.8, 4) is 0 Å². The predicted molar refractivity (Wildman–Crippen MR) is 72.4 cm³/mol. The average molecular weight is 298 g/mol. The highest BCUT2D eigenvalue weighted by atomic mass is 32.1. The van der Waals surface area contributed by atoms with Crippen LogP contribution in [0, 0.1) is 18.6 Å². The molecule has 106 valence electrons. The summed E-state index contributed by atoms with van der Waals surface area (Å²) in [7, 11) is 0. The first kappa shape index (κ1) is 14.4. The van der Waals surface area contributed by atoms with E-state index < -0.39 is 17.6 Å². The van der Waals surface area contributed by atoms with Gasteiger partial charge in [0.25, 0.3) is 0 Å². The molecule has 0 amide bonds. The van der Waals surface area contributed by atoms with Crippen molar-refractivity contribution in [2.24, 2.45) is 0 Å². The highest BCUT2D eigenvalue weighted by Gasteiger charge is 2.21. The number of rotatable bonds is 4. The minimum absolute atomic E-state index is 0.194. The predicted octanol–water partition coefficient (Wildman–Crippen LogP) is 3.65. The van der Waals surface area contributed by atoms with Crippen LogP contribution < -0.4 is 5.32 Å². The van der Waals surface area contributed by atoms with E-state index in [1.165, 1.54) is 6.07 Å². The van der Waals surface area contributed by atoms with Gasteiger partial charge in [-0.05, 0) is 37.5 Å². The lowest BCUT2D eigenvalue weighted by Gasteiger charge is -2.08.